The molecule has 2 aromatic carbocycles. The second-order valence-corrected chi connectivity index (χ2v) is 7.44. The Bertz CT molecular complexity index is 772. The van der Waals surface area contributed by atoms with Gasteiger partial charge in [0.1, 0.15) is 5.75 Å². The lowest BCUT2D eigenvalue weighted by Gasteiger charge is -2.25. The van der Waals surface area contributed by atoms with Gasteiger partial charge in [0.2, 0.25) is 0 Å². The van der Waals surface area contributed by atoms with Gasteiger partial charge in [0, 0.05) is 0 Å². The summed E-state index contributed by atoms with van der Waals surface area (Å²) in [5.74, 6) is 0.369. The summed E-state index contributed by atoms with van der Waals surface area (Å²) < 4.78 is 5.59. The van der Waals surface area contributed by atoms with Crippen LogP contribution < -0.4 is 4.74 Å². The van der Waals surface area contributed by atoms with Gasteiger partial charge in [0.25, 0.3) is 0 Å². The fourth-order valence-electron chi connectivity index (χ4n) is 3.52. The Balaban J connectivity index is 1.79. The first-order chi connectivity index (χ1) is 11.4. The summed E-state index contributed by atoms with van der Waals surface area (Å²) >= 11 is 0. The fraction of sp³-hybridized carbons (Fsp3) is 0.409. The zero-order valence-corrected chi connectivity index (χ0v) is 15.1. The van der Waals surface area contributed by atoms with Gasteiger partial charge in [-0.05, 0) is 84.5 Å². The zero-order chi connectivity index (χ0) is 17.3. The minimum Gasteiger partial charge on any atom is -0.423 e. The first kappa shape index (κ1) is 16.8. The van der Waals surface area contributed by atoms with E-state index in [0.717, 1.165) is 24.8 Å². The van der Waals surface area contributed by atoms with Crippen LogP contribution in [-0.2, 0) is 18.3 Å². The number of hydrogen-bond donors (Lipinski definition) is 0. The molecule has 0 unspecified atom stereocenters. The summed E-state index contributed by atoms with van der Waals surface area (Å²) in [6, 6.07) is 11.9. The van der Waals surface area contributed by atoms with Crippen LogP contribution in [0.15, 0.2) is 36.4 Å². The SMILES string of the molecule is CCC(C)(C)c1ccc(C(=O)Oc2ccc3c(c2)CCC3)cc1C. The van der Waals surface area contributed by atoms with E-state index in [0.29, 0.717) is 11.3 Å². The van der Waals surface area contributed by atoms with Crippen LogP contribution >= 0.6 is 0 Å². The second-order valence-electron chi connectivity index (χ2n) is 7.44. The van der Waals surface area contributed by atoms with Gasteiger partial charge < -0.3 is 4.74 Å². The molecular weight excluding hydrogens is 296 g/mol. The number of ether oxygens (including phenoxy) is 1. The first-order valence-electron chi connectivity index (χ1n) is 8.86. The molecule has 0 radical (unpaired) electrons. The number of fused-ring (bicyclic) bond motifs is 1. The van der Waals surface area contributed by atoms with E-state index in [2.05, 4.69) is 39.8 Å². The van der Waals surface area contributed by atoms with E-state index in [1.807, 2.05) is 24.3 Å². The Morgan fingerprint density at radius 1 is 1.08 bits per heavy atom. The zero-order valence-electron chi connectivity index (χ0n) is 15.1. The monoisotopic (exact) mass is 322 g/mol. The average Bonchev–Trinajstić information content (AvgIpc) is 3.02. The van der Waals surface area contributed by atoms with Crippen LogP contribution in [0.1, 0.15) is 66.2 Å². The lowest BCUT2D eigenvalue weighted by molar-refractivity contribution is 0.0734. The van der Waals surface area contributed by atoms with Crippen LogP contribution in [0.25, 0.3) is 0 Å². The number of carbonyl (C=O) groups excluding carboxylic acids is 1. The minimum absolute atomic E-state index is 0.118. The Hall–Kier alpha value is -2.09. The summed E-state index contributed by atoms with van der Waals surface area (Å²) in [6.45, 7) is 8.73. The molecule has 2 aromatic rings. The molecule has 126 valence electrons. The molecule has 0 amide bonds. The van der Waals surface area contributed by atoms with Crippen molar-refractivity contribution >= 4 is 5.97 Å². The van der Waals surface area contributed by atoms with E-state index in [9.17, 15) is 4.79 Å². The maximum atomic E-state index is 12.5. The van der Waals surface area contributed by atoms with Gasteiger partial charge >= 0.3 is 5.97 Å². The molecule has 1 aliphatic rings. The van der Waals surface area contributed by atoms with Crippen molar-refractivity contribution in [2.75, 3.05) is 0 Å². The number of carbonyl (C=O) groups is 1. The third-order valence-electron chi connectivity index (χ3n) is 5.36. The third kappa shape index (κ3) is 3.24. The molecule has 0 fully saturated rings. The normalized spacial score (nSPS) is 13.7. The molecule has 0 bridgehead atoms. The van der Waals surface area contributed by atoms with Crippen LogP contribution in [0.2, 0.25) is 0 Å². The summed E-state index contributed by atoms with van der Waals surface area (Å²) in [4.78, 5) is 12.5. The van der Waals surface area contributed by atoms with Crippen LogP contribution in [0.3, 0.4) is 0 Å². The molecule has 0 atom stereocenters. The lowest BCUT2D eigenvalue weighted by Crippen LogP contribution is -2.18. The largest absolute Gasteiger partial charge is 0.423 e. The van der Waals surface area contributed by atoms with Gasteiger partial charge in [-0.25, -0.2) is 4.79 Å². The van der Waals surface area contributed by atoms with Crippen LogP contribution in [-0.4, -0.2) is 5.97 Å². The first-order valence-corrected chi connectivity index (χ1v) is 8.86. The maximum absolute atomic E-state index is 12.5. The fourth-order valence-corrected chi connectivity index (χ4v) is 3.52. The molecule has 2 heteroatoms. The molecule has 1 aliphatic carbocycles. The van der Waals surface area contributed by atoms with Crippen molar-refractivity contribution < 1.29 is 9.53 Å². The standard InChI is InChI=1S/C22H26O2/c1-5-22(3,4)20-12-10-18(13-15(20)2)21(23)24-19-11-9-16-7-6-8-17(16)14-19/h9-14H,5-8H2,1-4H3. The number of rotatable bonds is 4. The van der Waals surface area contributed by atoms with Crippen molar-refractivity contribution in [3.8, 4) is 5.75 Å². The molecule has 2 nitrogen and oxygen atoms in total. The van der Waals surface area contributed by atoms with E-state index in [1.165, 1.54) is 23.1 Å². The van der Waals surface area contributed by atoms with Crippen molar-refractivity contribution in [2.45, 2.75) is 58.8 Å². The summed E-state index contributed by atoms with van der Waals surface area (Å²) in [6.07, 6.45) is 4.48. The van der Waals surface area contributed by atoms with E-state index in [1.54, 1.807) is 0 Å². The number of benzene rings is 2. The summed E-state index contributed by atoms with van der Waals surface area (Å²) in [5.41, 5.74) is 5.87. The second kappa shape index (κ2) is 6.43. The molecule has 0 aromatic heterocycles. The van der Waals surface area contributed by atoms with Crippen LogP contribution in [0, 0.1) is 6.92 Å². The smallest absolute Gasteiger partial charge is 0.343 e. The van der Waals surface area contributed by atoms with E-state index < -0.39 is 0 Å². The van der Waals surface area contributed by atoms with Crippen LogP contribution in [0.5, 0.6) is 5.75 Å². The van der Waals surface area contributed by atoms with E-state index in [4.69, 9.17) is 4.74 Å². The highest BCUT2D eigenvalue weighted by molar-refractivity contribution is 5.91. The predicted molar refractivity (Wildman–Crippen MR) is 97.9 cm³/mol. The average molecular weight is 322 g/mol. The Kier molecular flexibility index (Phi) is 4.49. The molecule has 0 heterocycles. The van der Waals surface area contributed by atoms with Gasteiger partial charge in [-0.1, -0.05) is 32.9 Å². The van der Waals surface area contributed by atoms with E-state index >= 15 is 0 Å². The van der Waals surface area contributed by atoms with Crippen molar-refractivity contribution in [3.05, 3.63) is 64.2 Å². The van der Waals surface area contributed by atoms with Gasteiger partial charge in [-0.3, -0.25) is 0 Å². The highest BCUT2D eigenvalue weighted by Gasteiger charge is 2.21. The Morgan fingerprint density at radius 2 is 1.83 bits per heavy atom. The Labute approximate surface area is 144 Å². The van der Waals surface area contributed by atoms with Crippen molar-refractivity contribution in [3.63, 3.8) is 0 Å². The molecule has 0 saturated heterocycles. The molecule has 24 heavy (non-hydrogen) atoms. The van der Waals surface area contributed by atoms with Gasteiger partial charge in [-0.2, -0.15) is 0 Å². The number of aryl methyl sites for hydroxylation is 3. The maximum Gasteiger partial charge on any atom is 0.343 e. The van der Waals surface area contributed by atoms with Gasteiger partial charge in [-0.15, -0.1) is 0 Å². The Morgan fingerprint density at radius 3 is 2.54 bits per heavy atom. The predicted octanol–water partition coefficient (Wildman–Crippen LogP) is 5.39. The molecular formula is C22H26O2. The molecule has 0 spiro atoms. The minimum atomic E-state index is -0.281. The highest BCUT2D eigenvalue weighted by Crippen LogP contribution is 2.30. The van der Waals surface area contributed by atoms with Gasteiger partial charge in [0.15, 0.2) is 0 Å². The quantitative estimate of drug-likeness (QED) is 0.557. The van der Waals surface area contributed by atoms with E-state index in [-0.39, 0.29) is 11.4 Å². The highest BCUT2D eigenvalue weighted by atomic mass is 16.5. The molecule has 0 aliphatic heterocycles. The number of esters is 1. The topological polar surface area (TPSA) is 26.3 Å². The lowest BCUT2D eigenvalue weighted by atomic mass is 9.79. The van der Waals surface area contributed by atoms with Gasteiger partial charge in [0.05, 0.1) is 5.56 Å². The summed E-state index contributed by atoms with van der Waals surface area (Å²) in [5, 5.41) is 0. The summed E-state index contributed by atoms with van der Waals surface area (Å²) in [7, 11) is 0. The van der Waals surface area contributed by atoms with Crippen molar-refractivity contribution in [2.24, 2.45) is 0 Å². The third-order valence-corrected chi connectivity index (χ3v) is 5.36. The molecule has 0 N–H and O–H groups in total. The number of hydrogen-bond acceptors (Lipinski definition) is 2. The molecule has 3 rings (SSSR count). The molecule has 0 saturated carbocycles. The van der Waals surface area contributed by atoms with Crippen molar-refractivity contribution in [1.29, 1.82) is 0 Å². The van der Waals surface area contributed by atoms with Crippen molar-refractivity contribution in [1.82, 2.24) is 0 Å². The van der Waals surface area contributed by atoms with Crippen LogP contribution in [0.4, 0.5) is 0 Å².